The maximum absolute atomic E-state index is 12.9. The van der Waals surface area contributed by atoms with Gasteiger partial charge in [-0.15, -0.1) is 10.2 Å². The molecular weight excluding hydrogens is 377 g/mol. The predicted octanol–water partition coefficient (Wildman–Crippen LogP) is 4.50. The van der Waals surface area contributed by atoms with E-state index in [-0.39, 0.29) is 17.5 Å². The van der Waals surface area contributed by atoms with Crippen molar-refractivity contribution in [3.8, 4) is 0 Å². The molecule has 2 aromatic carbocycles. The Morgan fingerprint density at radius 3 is 2.71 bits per heavy atom. The number of nitrogens with one attached hydrogen (secondary N) is 2. The Labute approximate surface area is 165 Å². The standard InChI is InChI=1S/C20H18FN5OS/c1-11(2)12-3-8-16-15(9-12)18-19(23-16)24-20(26-25-18)28-10-17(27)22-14-6-4-13(21)5-7-14/h3-9,11H,10H2,1-2H3,(H,22,27)(H,23,24,26). The van der Waals surface area contributed by atoms with E-state index in [0.29, 0.717) is 22.4 Å². The summed E-state index contributed by atoms with van der Waals surface area (Å²) in [6.07, 6.45) is 0. The number of hydrogen-bond donors (Lipinski definition) is 2. The molecule has 2 aromatic heterocycles. The lowest BCUT2D eigenvalue weighted by Gasteiger charge is -2.04. The van der Waals surface area contributed by atoms with Gasteiger partial charge in [-0.3, -0.25) is 4.79 Å². The summed E-state index contributed by atoms with van der Waals surface area (Å²) < 4.78 is 12.9. The molecule has 6 nitrogen and oxygen atoms in total. The summed E-state index contributed by atoms with van der Waals surface area (Å²) in [5.74, 6) is -0.0234. The van der Waals surface area contributed by atoms with Crippen LogP contribution in [-0.4, -0.2) is 31.8 Å². The normalized spacial score (nSPS) is 11.4. The Kier molecular flexibility index (Phi) is 4.95. The van der Waals surface area contributed by atoms with Gasteiger partial charge in [-0.25, -0.2) is 9.37 Å². The first-order valence-electron chi connectivity index (χ1n) is 8.84. The quantitative estimate of drug-likeness (QED) is 0.486. The monoisotopic (exact) mass is 395 g/mol. The molecule has 0 radical (unpaired) electrons. The summed E-state index contributed by atoms with van der Waals surface area (Å²) >= 11 is 1.19. The molecule has 8 heteroatoms. The van der Waals surface area contributed by atoms with Crippen molar-refractivity contribution in [1.82, 2.24) is 20.2 Å². The zero-order chi connectivity index (χ0) is 19.7. The number of thioether (sulfide) groups is 1. The highest BCUT2D eigenvalue weighted by molar-refractivity contribution is 7.99. The molecular formula is C20H18FN5OS. The van der Waals surface area contributed by atoms with Gasteiger partial charge in [0.05, 0.1) is 5.75 Å². The third kappa shape index (κ3) is 3.82. The smallest absolute Gasteiger partial charge is 0.234 e. The van der Waals surface area contributed by atoms with Crippen molar-refractivity contribution in [3.63, 3.8) is 0 Å². The fourth-order valence-electron chi connectivity index (χ4n) is 2.85. The van der Waals surface area contributed by atoms with Crippen LogP contribution in [0.1, 0.15) is 25.3 Å². The van der Waals surface area contributed by atoms with E-state index in [9.17, 15) is 9.18 Å². The molecule has 2 N–H and O–H groups in total. The molecule has 0 saturated carbocycles. The second-order valence-corrected chi connectivity index (χ2v) is 7.66. The van der Waals surface area contributed by atoms with Gasteiger partial charge in [0.1, 0.15) is 11.3 Å². The van der Waals surface area contributed by atoms with Crippen LogP contribution >= 0.6 is 11.8 Å². The summed E-state index contributed by atoms with van der Waals surface area (Å²) in [4.78, 5) is 19.8. The fourth-order valence-corrected chi connectivity index (χ4v) is 3.44. The molecule has 0 bridgehead atoms. The highest BCUT2D eigenvalue weighted by Crippen LogP contribution is 2.27. The molecule has 2 heterocycles. The first kappa shape index (κ1) is 18.4. The molecule has 0 aliphatic carbocycles. The van der Waals surface area contributed by atoms with E-state index in [0.717, 1.165) is 16.4 Å². The van der Waals surface area contributed by atoms with Gasteiger partial charge in [-0.2, -0.15) is 0 Å². The molecule has 0 saturated heterocycles. The van der Waals surface area contributed by atoms with E-state index in [1.165, 1.54) is 41.6 Å². The van der Waals surface area contributed by atoms with Crippen LogP contribution in [0.3, 0.4) is 0 Å². The van der Waals surface area contributed by atoms with Crippen molar-refractivity contribution >= 4 is 45.4 Å². The van der Waals surface area contributed by atoms with Crippen LogP contribution in [0.2, 0.25) is 0 Å². The summed E-state index contributed by atoms with van der Waals surface area (Å²) in [5.41, 5.74) is 4.09. The molecule has 0 aliphatic heterocycles. The molecule has 4 aromatic rings. The molecule has 0 fully saturated rings. The van der Waals surface area contributed by atoms with Gasteiger partial charge >= 0.3 is 0 Å². The Bertz CT molecular complexity index is 1160. The summed E-state index contributed by atoms with van der Waals surface area (Å²) in [6, 6.07) is 11.8. The number of nitrogens with zero attached hydrogens (tertiary/aromatic N) is 3. The number of aromatic amines is 1. The Balaban J connectivity index is 1.49. The Morgan fingerprint density at radius 2 is 1.96 bits per heavy atom. The number of H-pyrrole nitrogens is 1. The largest absolute Gasteiger partial charge is 0.338 e. The zero-order valence-corrected chi connectivity index (χ0v) is 16.2. The third-order valence-electron chi connectivity index (χ3n) is 4.35. The van der Waals surface area contributed by atoms with Crippen molar-refractivity contribution in [2.24, 2.45) is 0 Å². The summed E-state index contributed by atoms with van der Waals surface area (Å²) in [7, 11) is 0. The van der Waals surface area contributed by atoms with Crippen molar-refractivity contribution in [2.45, 2.75) is 24.9 Å². The predicted molar refractivity (Wildman–Crippen MR) is 109 cm³/mol. The molecule has 0 spiro atoms. The SMILES string of the molecule is CC(C)c1ccc2[nH]c3nc(SCC(=O)Nc4ccc(F)cc4)nnc3c2c1. The van der Waals surface area contributed by atoms with E-state index in [1.54, 1.807) is 0 Å². The number of halogens is 1. The maximum atomic E-state index is 12.9. The average Bonchev–Trinajstić information content (AvgIpc) is 3.05. The van der Waals surface area contributed by atoms with Gasteiger partial charge in [-0.1, -0.05) is 31.7 Å². The summed E-state index contributed by atoms with van der Waals surface area (Å²) in [5, 5.41) is 12.6. The Morgan fingerprint density at radius 1 is 1.18 bits per heavy atom. The highest BCUT2D eigenvalue weighted by atomic mass is 32.2. The number of fused-ring (bicyclic) bond motifs is 3. The van der Waals surface area contributed by atoms with Crippen LogP contribution in [0.4, 0.5) is 10.1 Å². The van der Waals surface area contributed by atoms with Crippen LogP contribution in [0.5, 0.6) is 0 Å². The molecule has 0 aliphatic rings. The molecule has 142 valence electrons. The molecule has 1 amide bonds. The third-order valence-corrected chi connectivity index (χ3v) is 5.18. The van der Waals surface area contributed by atoms with Gasteiger partial charge in [-0.05, 0) is 47.9 Å². The fraction of sp³-hybridized carbons (Fsp3) is 0.200. The first-order valence-corrected chi connectivity index (χ1v) is 9.82. The van der Waals surface area contributed by atoms with E-state index in [1.807, 2.05) is 6.07 Å². The first-order chi connectivity index (χ1) is 13.5. The van der Waals surface area contributed by atoms with Crippen LogP contribution in [0, 0.1) is 5.82 Å². The second-order valence-electron chi connectivity index (χ2n) is 6.72. The van der Waals surface area contributed by atoms with Crippen LogP contribution < -0.4 is 5.32 Å². The zero-order valence-electron chi connectivity index (χ0n) is 15.4. The molecule has 0 unspecified atom stereocenters. The highest BCUT2D eigenvalue weighted by Gasteiger charge is 2.12. The maximum Gasteiger partial charge on any atom is 0.234 e. The number of carbonyl (C=O) groups excluding carboxylic acids is 1. The van der Waals surface area contributed by atoms with Gasteiger partial charge in [0, 0.05) is 16.6 Å². The minimum atomic E-state index is -0.348. The van der Waals surface area contributed by atoms with Crippen molar-refractivity contribution < 1.29 is 9.18 Å². The van der Waals surface area contributed by atoms with Crippen LogP contribution in [-0.2, 0) is 4.79 Å². The number of aromatic nitrogens is 4. The molecule has 0 atom stereocenters. The number of hydrogen-bond acceptors (Lipinski definition) is 5. The molecule has 28 heavy (non-hydrogen) atoms. The lowest BCUT2D eigenvalue weighted by Crippen LogP contribution is -2.14. The van der Waals surface area contributed by atoms with Crippen LogP contribution in [0.15, 0.2) is 47.6 Å². The van der Waals surface area contributed by atoms with Crippen molar-refractivity contribution in [2.75, 3.05) is 11.1 Å². The van der Waals surface area contributed by atoms with E-state index < -0.39 is 0 Å². The van der Waals surface area contributed by atoms with Crippen LogP contribution in [0.25, 0.3) is 22.1 Å². The number of benzene rings is 2. The number of anilines is 1. The van der Waals surface area contributed by atoms with Gasteiger partial charge in [0.2, 0.25) is 11.1 Å². The lowest BCUT2D eigenvalue weighted by atomic mass is 10.0. The molecule has 4 rings (SSSR count). The number of carbonyl (C=O) groups is 1. The minimum absolute atomic E-state index is 0.127. The van der Waals surface area contributed by atoms with Crippen molar-refractivity contribution in [1.29, 1.82) is 0 Å². The number of amides is 1. The van der Waals surface area contributed by atoms with Gasteiger partial charge < -0.3 is 10.3 Å². The van der Waals surface area contributed by atoms with Gasteiger partial charge in [0.15, 0.2) is 5.65 Å². The second kappa shape index (κ2) is 7.55. The van der Waals surface area contributed by atoms with E-state index in [2.05, 4.69) is 51.5 Å². The Hall–Kier alpha value is -3.00. The number of rotatable bonds is 5. The van der Waals surface area contributed by atoms with E-state index in [4.69, 9.17) is 0 Å². The van der Waals surface area contributed by atoms with E-state index >= 15 is 0 Å². The topological polar surface area (TPSA) is 83.6 Å². The lowest BCUT2D eigenvalue weighted by molar-refractivity contribution is -0.113. The van der Waals surface area contributed by atoms with Gasteiger partial charge in [0.25, 0.3) is 0 Å². The summed E-state index contributed by atoms with van der Waals surface area (Å²) in [6.45, 7) is 4.29. The van der Waals surface area contributed by atoms with Crippen molar-refractivity contribution in [3.05, 3.63) is 53.8 Å². The minimum Gasteiger partial charge on any atom is -0.338 e. The average molecular weight is 395 g/mol.